The first-order valence-electron chi connectivity index (χ1n) is 10.0. The van der Waals surface area contributed by atoms with Crippen LogP contribution in [0.25, 0.3) is 0 Å². The van der Waals surface area contributed by atoms with E-state index in [4.69, 9.17) is 9.47 Å². The van der Waals surface area contributed by atoms with Gasteiger partial charge in [0.1, 0.15) is 10.1 Å². The maximum absolute atomic E-state index is 12.4. The van der Waals surface area contributed by atoms with E-state index in [1.165, 1.54) is 0 Å². The zero-order valence-electron chi connectivity index (χ0n) is 18.0. The molecular weight excluding hydrogens is 440 g/mol. The summed E-state index contributed by atoms with van der Waals surface area (Å²) in [4.78, 5) is 31.5. The lowest BCUT2D eigenvalue weighted by molar-refractivity contribution is 0.0434. The number of hydrogen-bond acceptors (Lipinski definition) is 6. The number of piperidine rings is 1. The Labute approximate surface area is 180 Å². The number of hydrogen-bond donors (Lipinski definition) is 1. The summed E-state index contributed by atoms with van der Waals surface area (Å²) in [7, 11) is 1.74. The summed E-state index contributed by atoms with van der Waals surface area (Å²) in [5, 5.41) is 3.06. The van der Waals surface area contributed by atoms with E-state index in [0.29, 0.717) is 22.7 Å². The quantitative estimate of drug-likeness (QED) is 0.714. The average molecular weight is 471 g/mol. The van der Waals surface area contributed by atoms with Crippen molar-refractivity contribution in [2.45, 2.75) is 65.2 Å². The predicted molar refractivity (Wildman–Crippen MR) is 114 cm³/mol. The van der Waals surface area contributed by atoms with Gasteiger partial charge in [0.05, 0.1) is 24.4 Å². The van der Waals surface area contributed by atoms with Crippen LogP contribution < -0.4 is 15.8 Å². The van der Waals surface area contributed by atoms with Crippen molar-refractivity contribution in [1.82, 2.24) is 14.9 Å². The van der Waals surface area contributed by atoms with Gasteiger partial charge < -0.3 is 19.7 Å². The van der Waals surface area contributed by atoms with Gasteiger partial charge in [0, 0.05) is 25.6 Å². The lowest BCUT2D eigenvalue weighted by atomic mass is 9.73. The summed E-state index contributed by atoms with van der Waals surface area (Å²) >= 11 is 3.31. The molecule has 0 aliphatic carbocycles. The molecular formula is C20H31BrN4O4. The average Bonchev–Trinajstić information content (AvgIpc) is 2.92. The van der Waals surface area contributed by atoms with Crippen molar-refractivity contribution in [2.75, 3.05) is 24.6 Å². The number of alkyl carbamates (subject to hydrolysis) is 1. The first kappa shape index (κ1) is 22.1. The second-order valence-electron chi connectivity index (χ2n) is 9.16. The second-order valence-corrected chi connectivity index (χ2v) is 9.96. The van der Waals surface area contributed by atoms with Crippen LogP contribution in [0, 0.1) is 12.3 Å². The SMILES string of the molecule is Cc1nc(N2CCC3(CC2)CO[C@@H](C)[C@H]3NC(=O)OC(C)(C)C)n(C)c(=O)c1Br. The van der Waals surface area contributed by atoms with E-state index in [1.807, 2.05) is 34.6 Å². The van der Waals surface area contributed by atoms with Crippen LogP contribution in [0.15, 0.2) is 9.27 Å². The Hall–Kier alpha value is -1.61. The number of nitrogens with one attached hydrogen (secondary N) is 1. The molecule has 1 amide bonds. The maximum atomic E-state index is 12.4. The zero-order chi connectivity index (χ0) is 21.6. The van der Waals surface area contributed by atoms with E-state index >= 15 is 0 Å². The monoisotopic (exact) mass is 470 g/mol. The Morgan fingerprint density at radius 2 is 1.97 bits per heavy atom. The van der Waals surface area contributed by atoms with E-state index in [1.54, 1.807) is 11.6 Å². The number of halogens is 1. The van der Waals surface area contributed by atoms with Gasteiger partial charge >= 0.3 is 6.09 Å². The van der Waals surface area contributed by atoms with Crippen LogP contribution in [-0.2, 0) is 16.5 Å². The smallest absolute Gasteiger partial charge is 0.407 e. The number of aryl methyl sites for hydroxylation is 1. The van der Waals surface area contributed by atoms with Crippen molar-refractivity contribution >= 4 is 28.0 Å². The minimum atomic E-state index is -0.542. The number of anilines is 1. The van der Waals surface area contributed by atoms with E-state index in [2.05, 4.69) is 31.1 Å². The van der Waals surface area contributed by atoms with Gasteiger partial charge in [0.2, 0.25) is 5.95 Å². The molecule has 1 spiro atoms. The van der Waals surface area contributed by atoms with Crippen LogP contribution in [0.4, 0.5) is 10.7 Å². The summed E-state index contributed by atoms with van der Waals surface area (Å²) in [6.07, 6.45) is 1.19. The summed E-state index contributed by atoms with van der Waals surface area (Å²) < 4.78 is 13.5. The van der Waals surface area contributed by atoms with Crippen LogP contribution in [0.1, 0.15) is 46.2 Å². The van der Waals surface area contributed by atoms with E-state index in [9.17, 15) is 9.59 Å². The normalized spacial score (nSPS) is 24.0. The van der Waals surface area contributed by atoms with Gasteiger partial charge in [-0.3, -0.25) is 9.36 Å². The molecule has 0 radical (unpaired) electrons. The summed E-state index contributed by atoms with van der Waals surface area (Å²) in [5.74, 6) is 0.675. The van der Waals surface area contributed by atoms with Crippen LogP contribution >= 0.6 is 15.9 Å². The van der Waals surface area contributed by atoms with Crippen molar-refractivity contribution in [2.24, 2.45) is 12.5 Å². The van der Waals surface area contributed by atoms with E-state index in [-0.39, 0.29) is 23.1 Å². The molecule has 1 N–H and O–H groups in total. The number of aromatic nitrogens is 2. The predicted octanol–water partition coefficient (Wildman–Crippen LogP) is 2.75. The fourth-order valence-corrected chi connectivity index (χ4v) is 4.60. The molecule has 0 aromatic carbocycles. The fraction of sp³-hybridized carbons (Fsp3) is 0.750. The molecule has 2 atom stereocenters. The molecule has 3 rings (SSSR count). The topological polar surface area (TPSA) is 85.7 Å². The molecule has 162 valence electrons. The van der Waals surface area contributed by atoms with Crippen LogP contribution in [0.3, 0.4) is 0 Å². The molecule has 0 unspecified atom stereocenters. The first-order chi connectivity index (χ1) is 13.4. The molecule has 8 nitrogen and oxygen atoms in total. The molecule has 0 saturated carbocycles. The molecule has 2 saturated heterocycles. The van der Waals surface area contributed by atoms with Gasteiger partial charge in [-0.2, -0.15) is 0 Å². The highest BCUT2D eigenvalue weighted by atomic mass is 79.9. The molecule has 2 fully saturated rings. The molecule has 1 aromatic rings. The third-order valence-corrected chi connectivity index (χ3v) is 6.77. The Balaban J connectivity index is 1.74. The van der Waals surface area contributed by atoms with Gasteiger partial charge in [-0.15, -0.1) is 0 Å². The molecule has 0 bridgehead atoms. The van der Waals surface area contributed by atoms with Gasteiger partial charge in [0.15, 0.2) is 0 Å². The number of rotatable bonds is 2. The molecule has 2 aliphatic heterocycles. The fourth-order valence-electron chi connectivity index (χ4n) is 4.24. The largest absolute Gasteiger partial charge is 0.444 e. The highest BCUT2D eigenvalue weighted by Crippen LogP contribution is 2.43. The van der Waals surface area contributed by atoms with Crippen molar-refractivity contribution in [3.05, 3.63) is 20.5 Å². The van der Waals surface area contributed by atoms with Gasteiger partial charge in [0.25, 0.3) is 5.56 Å². The molecule has 1 aromatic heterocycles. The van der Waals surface area contributed by atoms with Gasteiger partial charge in [-0.25, -0.2) is 9.78 Å². The third kappa shape index (κ3) is 4.45. The standard InChI is InChI=1S/C20H31BrN4O4/c1-12-14(21)16(26)24(6)17(22-12)25-9-7-20(8-10-25)11-28-13(2)15(20)23-18(27)29-19(3,4)5/h13,15H,7-11H2,1-6H3,(H,23,27)/t13-,15+/m0/s1. The Morgan fingerprint density at radius 3 is 2.55 bits per heavy atom. The highest BCUT2D eigenvalue weighted by Gasteiger charge is 2.50. The van der Waals surface area contributed by atoms with Crippen molar-refractivity contribution in [3.8, 4) is 0 Å². The highest BCUT2D eigenvalue weighted by molar-refractivity contribution is 9.10. The Morgan fingerprint density at radius 1 is 1.34 bits per heavy atom. The number of carbonyl (C=O) groups excluding carboxylic acids is 1. The van der Waals surface area contributed by atoms with Crippen LogP contribution in [-0.4, -0.2) is 53.1 Å². The molecule has 29 heavy (non-hydrogen) atoms. The zero-order valence-corrected chi connectivity index (χ0v) is 19.6. The summed E-state index contributed by atoms with van der Waals surface area (Å²) in [5.41, 5.74) is -0.0873. The minimum absolute atomic E-state index is 0.0773. The number of carbonyl (C=O) groups is 1. The lowest BCUT2D eigenvalue weighted by Gasteiger charge is -2.43. The first-order valence-corrected chi connectivity index (χ1v) is 10.8. The van der Waals surface area contributed by atoms with Crippen molar-refractivity contribution in [1.29, 1.82) is 0 Å². The Bertz CT molecular complexity index is 840. The number of ether oxygens (including phenoxy) is 2. The third-order valence-electron chi connectivity index (χ3n) is 5.85. The second kappa shape index (κ2) is 7.91. The number of nitrogens with zero attached hydrogens (tertiary/aromatic N) is 3. The summed E-state index contributed by atoms with van der Waals surface area (Å²) in [6, 6.07) is -0.108. The minimum Gasteiger partial charge on any atom is -0.444 e. The molecule has 2 aliphatic rings. The number of amides is 1. The van der Waals surface area contributed by atoms with Crippen LogP contribution in [0.2, 0.25) is 0 Å². The summed E-state index contributed by atoms with van der Waals surface area (Å²) in [6.45, 7) is 11.5. The van der Waals surface area contributed by atoms with Crippen LogP contribution in [0.5, 0.6) is 0 Å². The van der Waals surface area contributed by atoms with Gasteiger partial charge in [-0.1, -0.05) is 0 Å². The Kier molecular flexibility index (Phi) is 6.02. The maximum Gasteiger partial charge on any atom is 0.407 e. The van der Waals surface area contributed by atoms with Crippen molar-refractivity contribution < 1.29 is 14.3 Å². The van der Waals surface area contributed by atoms with Gasteiger partial charge in [-0.05, 0) is 63.4 Å². The van der Waals surface area contributed by atoms with Crippen molar-refractivity contribution in [3.63, 3.8) is 0 Å². The van der Waals surface area contributed by atoms with E-state index < -0.39 is 11.7 Å². The lowest BCUT2D eigenvalue weighted by Crippen LogP contribution is -2.55. The molecule has 3 heterocycles. The van der Waals surface area contributed by atoms with E-state index in [0.717, 1.165) is 25.9 Å². The molecule has 9 heteroatoms.